The molecule has 0 aromatic heterocycles. The number of nitro benzene ring substituents is 1. The van der Waals surface area contributed by atoms with Crippen molar-refractivity contribution in [2.24, 2.45) is 0 Å². The Morgan fingerprint density at radius 2 is 1.93 bits per heavy atom. The first-order chi connectivity index (χ1) is 13.3. The van der Waals surface area contributed by atoms with E-state index in [0.29, 0.717) is 18.1 Å². The molecule has 0 aliphatic rings. The molecule has 2 aromatic rings. The molecule has 148 valence electrons. The molecule has 2 aromatic carbocycles. The van der Waals surface area contributed by atoms with Crippen LogP contribution in [0.3, 0.4) is 0 Å². The Morgan fingerprint density at radius 3 is 2.57 bits per heavy atom. The van der Waals surface area contributed by atoms with E-state index in [1.165, 1.54) is 31.4 Å². The van der Waals surface area contributed by atoms with Crippen LogP contribution in [0.1, 0.15) is 17.3 Å². The summed E-state index contributed by atoms with van der Waals surface area (Å²) in [5.74, 6) is -0.689. The molecule has 1 N–H and O–H groups in total. The first-order valence-electron chi connectivity index (χ1n) is 8.07. The number of nitro groups is 1. The van der Waals surface area contributed by atoms with Gasteiger partial charge >= 0.3 is 5.97 Å². The highest BCUT2D eigenvalue weighted by Crippen LogP contribution is 2.29. The van der Waals surface area contributed by atoms with Crippen LogP contribution < -0.4 is 14.8 Å². The minimum Gasteiger partial charge on any atom is -0.493 e. The van der Waals surface area contributed by atoms with Crippen molar-refractivity contribution in [3.8, 4) is 11.5 Å². The van der Waals surface area contributed by atoms with Gasteiger partial charge in [-0.2, -0.15) is 0 Å². The summed E-state index contributed by atoms with van der Waals surface area (Å²) >= 11 is 5.72. The van der Waals surface area contributed by atoms with Crippen molar-refractivity contribution in [3.05, 3.63) is 57.1 Å². The van der Waals surface area contributed by atoms with Gasteiger partial charge in [-0.25, -0.2) is 4.79 Å². The highest BCUT2D eigenvalue weighted by atomic mass is 35.5. The molecule has 0 radical (unpaired) electrons. The van der Waals surface area contributed by atoms with Crippen LogP contribution in [-0.2, 0) is 9.53 Å². The summed E-state index contributed by atoms with van der Waals surface area (Å²) in [5.41, 5.74) is -0.271. The number of rotatable bonds is 8. The van der Waals surface area contributed by atoms with E-state index in [0.717, 1.165) is 6.07 Å². The van der Waals surface area contributed by atoms with Crippen LogP contribution in [0.25, 0.3) is 0 Å². The molecule has 9 nitrogen and oxygen atoms in total. The Balaban J connectivity index is 2.01. The Kier molecular flexibility index (Phi) is 7.16. The molecule has 10 heteroatoms. The number of anilines is 1. The molecule has 28 heavy (non-hydrogen) atoms. The van der Waals surface area contributed by atoms with Gasteiger partial charge in [0.1, 0.15) is 5.69 Å². The van der Waals surface area contributed by atoms with E-state index in [2.05, 4.69) is 5.32 Å². The van der Waals surface area contributed by atoms with E-state index in [9.17, 15) is 19.7 Å². The molecule has 0 aliphatic heterocycles. The average Bonchev–Trinajstić information content (AvgIpc) is 2.67. The number of carbonyl (C=O) groups is 2. The van der Waals surface area contributed by atoms with E-state index in [1.807, 2.05) is 6.92 Å². The summed E-state index contributed by atoms with van der Waals surface area (Å²) in [6.07, 6.45) is 0. The molecule has 0 spiro atoms. The van der Waals surface area contributed by atoms with Crippen LogP contribution in [0.4, 0.5) is 11.4 Å². The number of esters is 1. The zero-order valence-electron chi connectivity index (χ0n) is 15.1. The van der Waals surface area contributed by atoms with Crippen LogP contribution in [-0.4, -0.2) is 37.1 Å². The van der Waals surface area contributed by atoms with Gasteiger partial charge in [-0.05, 0) is 37.3 Å². The van der Waals surface area contributed by atoms with Crippen molar-refractivity contribution in [2.45, 2.75) is 6.92 Å². The SMILES string of the molecule is CCOc1ccc(C(=O)OCC(=O)Nc2ccc(Cl)cc2[N+](=O)[O-])cc1OC. The van der Waals surface area contributed by atoms with Crippen LogP contribution in [0.5, 0.6) is 11.5 Å². The topological polar surface area (TPSA) is 117 Å². The van der Waals surface area contributed by atoms with Crippen molar-refractivity contribution < 1.29 is 28.7 Å². The first kappa shape index (κ1) is 21.0. The average molecular weight is 409 g/mol. The Hall–Kier alpha value is -3.33. The number of amides is 1. The Morgan fingerprint density at radius 1 is 1.18 bits per heavy atom. The highest BCUT2D eigenvalue weighted by molar-refractivity contribution is 6.31. The quantitative estimate of drug-likeness (QED) is 0.403. The largest absolute Gasteiger partial charge is 0.493 e. The number of hydrogen-bond donors (Lipinski definition) is 1. The maximum Gasteiger partial charge on any atom is 0.338 e. The predicted octanol–water partition coefficient (Wildman–Crippen LogP) is 3.45. The van der Waals surface area contributed by atoms with E-state index >= 15 is 0 Å². The smallest absolute Gasteiger partial charge is 0.338 e. The number of halogens is 1. The van der Waals surface area contributed by atoms with E-state index in [4.69, 9.17) is 25.8 Å². The van der Waals surface area contributed by atoms with Gasteiger partial charge < -0.3 is 19.5 Å². The normalized spacial score (nSPS) is 10.1. The number of methoxy groups -OCH3 is 1. The first-order valence-corrected chi connectivity index (χ1v) is 8.45. The zero-order valence-corrected chi connectivity index (χ0v) is 15.8. The third kappa shape index (κ3) is 5.34. The fourth-order valence-electron chi connectivity index (χ4n) is 2.23. The van der Waals surface area contributed by atoms with E-state index < -0.39 is 23.4 Å². The monoisotopic (exact) mass is 408 g/mol. The molecule has 0 bridgehead atoms. The van der Waals surface area contributed by atoms with E-state index in [1.54, 1.807) is 6.07 Å². The van der Waals surface area contributed by atoms with Gasteiger partial charge in [0.15, 0.2) is 18.1 Å². The lowest BCUT2D eigenvalue weighted by atomic mass is 10.2. The lowest BCUT2D eigenvalue weighted by Crippen LogP contribution is -2.21. The second-order valence-electron chi connectivity index (χ2n) is 5.34. The maximum atomic E-state index is 12.1. The van der Waals surface area contributed by atoms with Gasteiger partial charge in [-0.15, -0.1) is 0 Å². The third-order valence-electron chi connectivity index (χ3n) is 3.46. The summed E-state index contributed by atoms with van der Waals surface area (Å²) < 4.78 is 15.5. The van der Waals surface area contributed by atoms with Crippen molar-refractivity contribution in [1.29, 1.82) is 0 Å². The number of nitrogens with one attached hydrogen (secondary N) is 1. The molecule has 0 saturated carbocycles. The minimum absolute atomic E-state index is 0.0572. The van der Waals surface area contributed by atoms with Crippen molar-refractivity contribution in [2.75, 3.05) is 25.6 Å². The van der Waals surface area contributed by atoms with Gasteiger partial charge in [-0.1, -0.05) is 11.6 Å². The third-order valence-corrected chi connectivity index (χ3v) is 3.70. The van der Waals surface area contributed by atoms with Crippen molar-refractivity contribution in [1.82, 2.24) is 0 Å². The number of nitrogens with zero attached hydrogens (tertiary/aromatic N) is 1. The molecule has 0 saturated heterocycles. The molecular formula is C18H17ClN2O7. The second-order valence-corrected chi connectivity index (χ2v) is 5.78. The second kappa shape index (κ2) is 9.56. The fraction of sp³-hybridized carbons (Fsp3) is 0.222. The number of carbonyl (C=O) groups excluding carboxylic acids is 2. The van der Waals surface area contributed by atoms with Gasteiger partial charge in [0, 0.05) is 11.1 Å². The van der Waals surface area contributed by atoms with Gasteiger partial charge in [0.25, 0.3) is 11.6 Å². The number of hydrogen-bond acceptors (Lipinski definition) is 7. The molecular weight excluding hydrogens is 392 g/mol. The predicted molar refractivity (Wildman–Crippen MR) is 101 cm³/mol. The van der Waals surface area contributed by atoms with Gasteiger partial charge in [0.2, 0.25) is 0 Å². The number of benzene rings is 2. The Bertz CT molecular complexity index is 901. The molecule has 0 unspecified atom stereocenters. The molecule has 0 aliphatic carbocycles. The van der Waals surface area contributed by atoms with Crippen molar-refractivity contribution in [3.63, 3.8) is 0 Å². The number of ether oxygens (including phenoxy) is 3. The highest BCUT2D eigenvalue weighted by Gasteiger charge is 2.18. The standard InChI is InChI=1S/C18H17ClN2O7/c1-3-27-15-7-4-11(8-16(15)26-2)18(23)28-10-17(22)20-13-6-5-12(19)9-14(13)21(24)25/h4-9H,3,10H2,1-2H3,(H,20,22). The molecule has 1 amide bonds. The minimum atomic E-state index is -0.762. The summed E-state index contributed by atoms with van der Waals surface area (Å²) in [6, 6.07) is 8.23. The summed E-state index contributed by atoms with van der Waals surface area (Å²) in [7, 11) is 1.43. The van der Waals surface area contributed by atoms with Crippen LogP contribution in [0.15, 0.2) is 36.4 Å². The molecule has 2 rings (SSSR count). The van der Waals surface area contributed by atoms with Crippen LogP contribution in [0, 0.1) is 10.1 Å². The molecule has 0 fully saturated rings. The summed E-state index contributed by atoms with van der Waals surface area (Å²) in [6.45, 7) is 1.61. The lowest BCUT2D eigenvalue weighted by Gasteiger charge is -2.11. The van der Waals surface area contributed by atoms with E-state index in [-0.39, 0.29) is 22.0 Å². The fourth-order valence-corrected chi connectivity index (χ4v) is 2.40. The van der Waals surface area contributed by atoms with Crippen LogP contribution in [0.2, 0.25) is 5.02 Å². The lowest BCUT2D eigenvalue weighted by molar-refractivity contribution is -0.383. The van der Waals surface area contributed by atoms with Crippen molar-refractivity contribution >= 4 is 34.9 Å². The Labute approximate surface area is 165 Å². The molecule has 0 atom stereocenters. The molecule has 0 heterocycles. The van der Waals surface area contributed by atoms with Gasteiger partial charge in [0.05, 0.1) is 24.2 Å². The summed E-state index contributed by atoms with van der Waals surface area (Å²) in [5, 5.41) is 13.5. The summed E-state index contributed by atoms with van der Waals surface area (Å²) in [4.78, 5) is 34.5. The zero-order chi connectivity index (χ0) is 20.7. The van der Waals surface area contributed by atoms with Crippen LogP contribution >= 0.6 is 11.6 Å². The van der Waals surface area contributed by atoms with Gasteiger partial charge in [-0.3, -0.25) is 14.9 Å². The maximum absolute atomic E-state index is 12.1.